The molecule has 1 amide bonds. The fourth-order valence-electron chi connectivity index (χ4n) is 1.34. The number of rotatable bonds is 2. The molecule has 2 heteroatoms. The van der Waals surface area contributed by atoms with E-state index in [1.54, 1.807) is 0 Å². The van der Waals surface area contributed by atoms with Gasteiger partial charge in [-0.3, -0.25) is 4.79 Å². The predicted molar refractivity (Wildman–Crippen MR) is 58.5 cm³/mol. The molecule has 0 atom stereocenters. The molecule has 2 nitrogen and oxygen atoms in total. The van der Waals surface area contributed by atoms with Gasteiger partial charge in [-0.2, -0.15) is 0 Å². The topological polar surface area (TPSA) is 29.1 Å². The van der Waals surface area contributed by atoms with E-state index < -0.39 is 0 Å². The van der Waals surface area contributed by atoms with Crippen molar-refractivity contribution < 1.29 is 4.79 Å². The Morgan fingerprint density at radius 2 is 1.93 bits per heavy atom. The summed E-state index contributed by atoms with van der Waals surface area (Å²) in [4.78, 5) is 11.7. The second kappa shape index (κ2) is 4.27. The lowest BCUT2D eigenvalue weighted by atomic mass is 10.0. The molecular formula is C12H17NO. The molecule has 0 saturated heterocycles. The van der Waals surface area contributed by atoms with Crippen LogP contribution in [-0.2, 0) is 0 Å². The van der Waals surface area contributed by atoms with Gasteiger partial charge in [0, 0.05) is 11.6 Å². The Labute approximate surface area is 85.3 Å². The van der Waals surface area contributed by atoms with E-state index in [1.165, 1.54) is 0 Å². The van der Waals surface area contributed by atoms with Gasteiger partial charge in [-0.1, -0.05) is 12.1 Å². The maximum absolute atomic E-state index is 11.7. The number of hydrogen-bond donors (Lipinski definition) is 1. The van der Waals surface area contributed by atoms with Crippen molar-refractivity contribution in [2.75, 3.05) is 0 Å². The molecule has 0 aromatic heterocycles. The molecular weight excluding hydrogens is 174 g/mol. The Morgan fingerprint density at radius 1 is 1.29 bits per heavy atom. The molecule has 0 aliphatic heterocycles. The van der Waals surface area contributed by atoms with Gasteiger partial charge < -0.3 is 5.32 Å². The lowest BCUT2D eigenvalue weighted by Gasteiger charge is -2.11. The summed E-state index contributed by atoms with van der Waals surface area (Å²) in [5.41, 5.74) is 2.99. The van der Waals surface area contributed by atoms with E-state index in [1.807, 2.05) is 45.9 Å². The molecule has 0 spiro atoms. The highest BCUT2D eigenvalue weighted by Crippen LogP contribution is 2.12. The number of aryl methyl sites for hydroxylation is 1. The van der Waals surface area contributed by atoms with Crippen molar-refractivity contribution in [1.82, 2.24) is 5.32 Å². The fourth-order valence-corrected chi connectivity index (χ4v) is 1.34. The summed E-state index contributed by atoms with van der Waals surface area (Å²) in [6.07, 6.45) is 0. The molecule has 0 heterocycles. The van der Waals surface area contributed by atoms with E-state index in [9.17, 15) is 4.79 Å². The zero-order chi connectivity index (χ0) is 10.7. The Hall–Kier alpha value is -1.31. The number of amides is 1. The smallest absolute Gasteiger partial charge is 0.251 e. The van der Waals surface area contributed by atoms with Crippen LogP contribution >= 0.6 is 0 Å². The van der Waals surface area contributed by atoms with E-state index in [4.69, 9.17) is 0 Å². The van der Waals surface area contributed by atoms with E-state index in [2.05, 4.69) is 5.32 Å². The van der Waals surface area contributed by atoms with E-state index in [-0.39, 0.29) is 11.9 Å². The van der Waals surface area contributed by atoms with E-state index >= 15 is 0 Å². The first-order valence-corrected chi connectivity index (χ1v) is 4.89. The third kappa shape index (κ3) is 2.34. The normalized spacial score (nSPS) is 10.4. The fraction of sp³-hybridized carbons (Fsp3) is 0.417. The van der Waals surface area contributed by atoms with Crippen LogP contribution in [0.15, 0.2) is 18.2 Å². The molecule has 1 aromatic carbocycles. The minimum atomic E-state index is 0.0150. The summed E-state index contributed by atoms with van der Waals surface area (Å²) in [5, 5.41) is 2.89. The lowest BCUT2D eigenvalue weighted by molar-refractivity contribution is 0.0942. The zero-order valence-electron chi connectivity index (χ0n) is 9.22. The molecule has 0 aliphatic rings. The summed E-state index contributed by atoms with van der Waals surface area (Å²) in [7, 11) is 0. The van der Waals surface area contributed by atoms with Gasteiger partial charge in [-0.15, -0.1) is 0 Å². The monoisotopic (exact) mass is 191 g/mol. The van der Waals surface area contributed by atoms with Crippen LogP contribution in [0.4, 0.5) is 0 Å². The van der Waals surface area contributed by atoms with Crippen molar-refractivity contribution in [2.45, 2.75) is 33.7 Å². The third-order valence-corrected chi connectivity index (χ3v) is 2.27. The minimum absolute atomic E-state index is 0.0150. The lowest BCUT2D eigenvalue weighted by Crippen LogP contribution is -2.30. The van der Waals surface area contributed by atoms with Crippen molar-refractivity contribution in [2.24, 2.45) is 0 Å². The molecule has 0 bridgehead atoms. The number of nitrogens with one attached hydrogen (secondary N) is 1. The Kier molecular flexibility index (Phi) is 3.28. The van der Waals surface area contributed by atoms with E-state index in [0.29, 0.717) is 0 Å². The van der Waals surface area contributed by atoms with Crippen LogP contribution in [0, 0.1) is 13.8 Å². The third-order valence-electron chi connectivity index (χ3n) is 2.27. The number of benzene rings is 1. The maximum Gasteiger partial charge on any atom is 0.251 e. The summed E-state index contributed by atoms with van der Waals surface area (Å²) in [6, 6.07) is 5.97. The summed E-state index contributed by atoms with van der Waals surface area (Å²) in [6.45, 7) is 7.91. The Morgan fingerprint density at radius 3 is 2.50 bits per heavy atom. The van der Waals surface area contributed by atoms with Crippen molar-refractivity contribution in [3.63, 3.8) is 0 Å². The van der Waals surface area contributed by atoms with Crippen molar-refractivity contribution in [1.29, 1.82) is 0 Å². The highest BCUT2D eigenvalue weighted by Gasteiger charge is 2.10. The SMILES string of the molecule is Cc1cccc(C(=O)NC(C)C)c1C. The van der Waals surface area contributed by atoms with Gasteiger partial charge in [0.2, 0.25) is 0 Å². The molecule has 76 valence electrons. The number of hydrogen-bond acceptors (Lipinski definition) is 1. The summed E-state index contributed by atoms with van der Waals surface area (Å²) >= 11 is 0. The van der Waals surface area contributed by atoms with Crippen molar-refractivity contribution in [3.8, 4) is 0 Å². The van der Waals surface area contributed by atoms with Crippen LogP contribution in [-0.4, -0.2) is 11.9 Å². The Balaban J connectivity index is 2.96. The van der Waals surface area contributed by atoms with Gasteiger partial charge in [-0.25, -0.2) is 0 Å². The van der Waals surface area contributed by atoms with Crippen LogP contribution in [0.25, 0.3) is 0 Å². The molecule has 0 fully saturated rings. The van der Waals surface area contributed by atoms with Crippen molar-refractivity contribution >= 4 is 5.91 Å². The largest absolute Gasteiger partial charge is 0.350 e. The quantitative estimate of drug-likeness (QED) is 0.764. The van der Waals surface area contributed by atoms with Crippen LogP contribution in [0.5, 0.6) is 0 Å². The van der Waals surface area contributed by atoms with Crippen LogP contribution in [0.1, 0.15) is 35.3 Å². The highest BCUT2D eigenvalue weighted by molar-refractivity contribution is 5.96. The first kappa shape index (κ1) is 10.8. The molecule has 1 aromatic rings. The van der Waals surface area contributed by atoms with E-state index in [0.717, 1.165) is 16.7 Å². The highest BCUT2D eigenvalue weighted by atomic mass is 16.1. The molecule has 1 rings (SSSR count). The average molecular weight is 191 g/mol. The molecule has 1 N–H and O–H groups in total. The van der Waals surface area contributed by atoms with Gasteiger partial charge >= 0.3 is 0 Å². The van der Waals surface area contributed by atoms with Gasteiger partial charge in [0.15, 0.2) is 0 Å². The van der Waals surface area contributed by atoms with Gasteiger partial charge in [0.25, 0.3) is 5.91 Å². The summed E-state index contributed by atoms with van der Waals surface area (Å²) < 4.78 is 0. The van der Waals surface area contributed by atoms with Gasteiger partial charge in [-0.05, 0) is 44.9 Å². The predicted octanol–water partition coefficient (Wildman–Crippen LogP) is 2.44. The van der Waals surface area contributed by atoms with Crippen molar-refractivity contribution in [3.05, 3.63) is 34.9 Å². The van der Waals surface area contributed by atoms with Crippen LogP contribution in [0.3, 0.4) is 0 Å². The maximum atomic E-state index is 11.7. The molecule has 0 radical (unpaired) electrons. The van der Waals surface area contributed by atoms with Gasteiger partial charge in [0.1, 0.15) is 0 Å². The molecule has 0 aliphatic carbocycles. The first-order chi connectivity index (χ1) is 6.52. The second-order valence-electron chi connectivity index (χ2n) is 3.88. The molecule has 0 unspecified atom stereocenters. The first-order valence-electron chi connectivity index (χ1n) is 4.89. The van der Waals surface area contributed by atoms with Crippen LogP contribution in [0.2, 0.25) is 0 Å². The standard InChI is InChI=1S/C12H17NO/c1-8(2)13-12(14)11-7-5-6-9(3)10(11)4/h5-8H,1-4H3,(H,13,14). The summed E-state index contributed by atoms with van der Waals surface area (Å²) in [5.74, 6) is 0.0150. The molecule has 0 saturated carbocycles. The minimum Gasteiger partial charge on any atom is -0.350 e. The van der Waals surface area contributed by atoms with Crippen LogP contribution < -0.4 is 5.32 Å². The number of carbonyl (C=O) groups is 1. The molecule has 14 heavy (non-hydrogen) atoms. The Bertz CT molecular complexity index is 342. The zero-order valence-corrected chi connectivity index (χ0v) is 9.22. The number of carbonyl (C=O) groups excluding carboxylic acids is 1. The second-order valence-corrected chi connectivity index (χ2v) is 3.88. The average Bonchev–Trinajstić information content (AvgIpc) is 2.08. The van der Waals surface area contributed by atoms with Gasteiger partial charge in [0.05, 0.1) is 0 Å².